The van der Waals surface area contributed by atoms with Crippen LogP contribution in [0.5, 0.6) is 0 Å². The highest BCUT2D eigenvalue weighted by Crippen LogP contribution is 2.58. The van der Waals surface area contributed by atoms with E-state index in [9.17, 15) is 24.3 Å². The van der Waals surface area contributed by atoms with Crippen LogP contribution in [-0.2, 0) is 9.36 Å². The minimum atomic E-state index is -4.42. The Kier molecular flexibility index (Phi) is 5.59. The average Bonchev–Trinajstić information content (AvgIpc) is 2.18. The van der Waals surface area contributed by atoms with Crippen molar-refractivity contribution in [1.29, 1.82) is 0 Å². The topological polar surface area (TPSA) is 97.7 Å². The van der Waals surface area contributed by atoms with Gasteiger partial charge in [-0.3, -0.25) is 4.57 Å². The van der Waals surface area contributed by atoms with E-state index in [1.807, 2.05) is 0 Å². The van der Waals surface area contributed by atoms with Crippen LogP contribution in [0.4, 0.5) is 0 Å². The van der Waals surface area contributed by atoms with Crippen molar-refractivity contribution in [2.45, 2.75) is 52.1 Å². The summed E-state index contributed by atoms with van der Waals surface area (Å²) in [5.41, 5.74) is 0.218. The number of aliphatic carboxylic acids is 1. The third-order valence-electron chi connectivity index (χ3n) is 3.48. The van der Waals surface area contributed by atoms with Crippen molar-refractivity contribution < 1.29 is 24.3 Å². The molecule has 0 heterocycles. The zero-order valence-electron chi connectivity index (χ0n) is 10.7. The molecular formula is C11H20O5P-. The predicted molar refractivity (Wildman–Crippen MR) is 63.4 cm³/mol. The fourth-order valence-corrected chi connectivity index (χ4v) is 3.65. The van der Waals surface area contributed by atoms with Crippen LogP contribution < -0.4 is 5.11 Å². The molecule has 0 atom stereocenters. The van der Waals surface area contributed by atoms with Crippen LogP contribution in [0.25, 0.3) is 0 Å². The standard InChI is InChI=1S/C11H21O5P/c1-5-9(10(12)13)8(4)11(6-2,7-3)17(14,15)16/h5-7H2,1-4H3,(H,12,13)(H2,14,15,16)/p-1/b9-8+. The summed E-state index contributed by atoms with van der Waals surface area (Å²) in [6, 6.07) is 0. The largest absolute Gasteiger partial charge is 0.545 e. The van der Waals surface area contributed by atoms with Crippen LogP contribution in [-0.4, -0.2) is 20.9 Å². The van der Waals surface area contributed by atoms with E-state index in [2.05, 4.69) is 0 Å². The van der Waals surface area contributed by atoms with E-state index in [0.717, 1.165) is 0 Å². The third kappa shape index (κ3) is 2.97. The number of carbonyl (C=O) groups excluding carboxylic acids is 1. The van der Waals surface area contributed by atoms with Gasteiger partial charge < -0.3 is 19.7 Å². The van der Waals surface area contributed by atoms with Crippen LogP contribution in [0.15, 0.2) is 11.1 Å². The third-order valence-corrected chi connectivity index (χ3v) is 5.56. The van der Waals surface area contributed by atoms with E-state index < -0.39 is 18.7 Å². The number of allylic oxidation sites excluding steroid dienone is 1. The van der Waals surface area contributed by atoms with Crippen LogP contribution >= 0.6 is 7.60 Å². The van der Waals surface area contributed by atoms with Crippen molar-refractivity contribution in [3.8, 4) is 0 Å². The molecule has 0 spiro atoms. The molecule has 0 aromatic rings. The van der Waals surface area contributed by atoms with E-state index >= 15 is 0 Å². The zero-order valence-corrected chi connectivity index (χ0v) is 11.6. The molecule has 0 rings (SSSR count). The van der Waals surface area contributed by atoms with Gasteiger partial charge in [0.05, 0.1) is 11.1 Å². The van der Waals surface area contributed by atoms with E-state index in [0.29, 0.717) is 0 Å². The van der Waals surface area contributed by atoms with Crippen molar-refractivity contribution in [3.63, 3.8) is 0 Å². The van der Waals surface area contributed by atoms with Gasteiger partial charge in [-0.1, -0.05) is 26.3 Å². The molecule has 0 saturated carbocycles. The molecule has 0 saturated heterocycles. The number of rotatable bonds is 6. The summed E-state index contributed by atoms with van der Waals surface area (Å²) in [5, 5.41) is 9.57. The zero-order chi connectivity index (χ0) is 13.9. The molecule has 17 heavy (non-hydrogen) atoms. The van der Waals surface area contributed by atoms with Gasteiger partial charge in [0.1, 0.15) is 0 Å². The van der Waals surface area contributed by atoms with Gasteiger partial charge in [0.2, 0.25) is 0 Å². The highest BCUT2D eigenvalue weighted by atomic mass is 31.2. The van der Waals surface area contributed by atoms with Gasteiger partial charge in [-0.25, -0.2) is 0 Å². The van der Waals surface area contributed by atoms with Crippen molar-refractivity contribution in [2.75, 3.05) is 0 Å². The van der Waals surface area contributed by atoms with Gasteiger partial charge in [-0.15, -0.1) is 0 Å². The maximum absolute atomic E-state index is 11.6. The van der Waals surface area contributed by atoms with Gasteiger partial charge >= 0.3 is 7.60 Å². The molecule has 5 nitrogen and oxygen atoms in total. The summed E-state index contributed by atoms with van der Waals surface area (Å²) in [6.07, 6.45) is 0.572. The van der Waals surface area contributed by atoms with Gasteiger partial charge in [0.15, 0.2) is 0 Å². The van der Waals surface area contributed by atoms with E-state index in [1.165, 1.54) is 6.92 Å². The molecule has 0 unspecified atom stereocenters. The lowest BCUT2D eigenvalue weighted by Gasteiger charge is -2.35. The molecule has 0 radical (unpaired) electrons. The SMILES string of the molecule is CC/C(C(=O)[O-])=C(/C)C(CC)(CC)P(=O)(O)O. The second-order valence-electron chi connectivity index (χ2n) is 4.03. The second kappa shape index (κ2) is 5.80. The maximum Gasteiger partial charge on any atom is 0.335 e. The highest BCUT2D eigenvalue weighted by Gasteiger charge is 2.46. The Balaban J connectivity index is 5.98. The van der Waals surface area contributed by atoms with E-state index in [1.54, 1.807) is 20.8 Å². The summed E-state index contributed by atoms with van der Waals surface area (Å²) >= 11 is 0. The molecule has 0 fully saturated rings. The van der Waals surface area contributed by atoms with Gasteiger partial charge in [0.25, 0.3) is 0 Å². The smallest absolute Gasteiger partial charge is 0.335 e. The lowest BCUT2D eigenvalue weighted by atomic mass is 9.89. The minimum Gasteiger partial charge on any atom is -0.545 e. The predicted octanol–water partition coefficient (Wildman–Crippen LogP) is 1.20. The lowest BCUT2D eigenvalue weighted by Crippen LogP contribution is -2.34. The first-order valence-electron chi connectivity index (χ1n) is 5.65. The second-order valence-corrected chi connectivity index (χ2v) is 5.97. The van der Waals surface area contributed by atoms with Gasteiger partial charge in [-0.2, -0.15) is 0 Å². The Morgan fingerprint density at radius 2 is 1.65 bits per heavy atom. The molecule has 2 N–H and O–H groups in total. The number of carbonyl (C=O) groups is 1. The summed E-state index contributed by atoms with van der Waals surface area (Å²) in [6.45, 7) is 6.40. The Labute approximate surface area is 102 Å². The fraction of sp³-hybridized carbons (Fsp3) is 0.727. The highest BCUT2D eigenvalue weighted by molar-refractivity contribution is 7.53. The summed E-state index contributed by atoms with van der Waals surface area (Å²) in [4.78, 5) is 29.9. The normalized spacial score (nSPS) is 14.5. The number of hydrogen-bond donors (Lipinski definition) is 2. The van der Waals surface area contributed by atoms with Crippen LogP contribution in [0, 0.1) is 0 Å². The lowest BCUT2D eigenvalue weighted by molar-refractivity contribution is -0.299. The molecule has 0 bridgehead atoms. The minimum absolute atomic E-state index is 0.0166. The van der Waals surface area contributed by atoms with Crippen molar-refractivity contribution in [2.24, 2.45) is 0 Å². The summed E-state index contributed by atoms with van der Waals surface area (Å²) in [5.74, 6) is -1.36. The first-order valence-corrected chi connectivity index (χ1v) is 7.26. The van der Waals surface area contributed by atoms with E-state index in [-0.39, 0.29) is 30.4 Å². The number of carboxylic acids is 1. The molecule has 0 aliphatic rings. The molecule has 0 aliphatic carbocycles. The quantitative estimate of drug-likeness (QED) is 0.554. The van der Waals surface area contributed by atoms with Crippen LogP contribution in [0.2, 0.25) is 0 Å². The Hall–Kier alpha value is -0.640. The van der Waals surface area contributed by atoms with E-state index in [4.69, 9.17) is 0 Å². The molecular weight excluding hydrogens is 243 g/mol. The monoisotopic (exact) mass is 263 g/mol. The Morgan fingerprint density at radius 1 is 1.24 bits per heavy atom. The average molecular weight is 263 g/mol. The molecule has 6 heteroatoms. The first kappa shape index (κ1) is 16.4. The van der Waals surface area contributed by atoms with Crippen molar-refractivity contribution >= 4 is 13.6 Å². The summed E-state index contributed by atoms with van der Waals surface area (Å²) in [7, 11) is -4.42. The summed E-state index contributed by atoms with van der Waals surface area (Å²) < 4.78 is 11.6. The van der Waals surface area contributed by atoms with Gasteiger partial charge in [0, 0.05) is 0 Å². The molecule has 0 aromatic carbocycles. The molecule has 0 aromatic heterocycles. The van der Waals surface area contributed by atoms with Crippen LogP contribution in [0.1, 0.15) is 47.0 Å². The molecule has 100 valence electrons. The Bertz CT molecular complexity index is 362. The Morgan fingerprint density at radius 3 is 1.82 bits per heavy atom. The molecule has 0 amide bonds. The van der Waals surface area contributed by atoms with Crippen LogP contribution in [0.3, 0.4) is 0 Å². The fourth-order valence-electron chi connectivity index (χ4n) is 2.25. The number of carboxylic acid groups (broad SMARTS) is 1. The van der Waals surface area contributed by atoms with Crippen molar-refractivity contribution in [1.82, 2.24) is 0 Å². The number of hydrogen-bond acceptors (Lipinski definition) is 3. The maximum atomic E-state index is 11.6. The van der Waals surface area contributed by atoms with Crippen molar-refractivity contribution in [3.05, 3.63) is 11.1 Å². The molecule has 0 aliphatic heterocycles. The van der Waals surface area contributed by atoms with Gasteiger partial charge in [-0.05, 0) is 31.8 Å². The first-order chi connectivity index (χ1) is 7.67.